The lowest BCUT2D eigenvalue weighted by molar-refractivity contribution is -0.132. The van der Waals surface area contributed by atoms with Crippen molar-refractivity contribution < 1.29 is 42.8 Å². The van der Waals surface area contributed by atoms with Crippen LogP contribution in [0.15, 0.2) is 48.6 Å². The summed E-state index contributed by atoms with van der Waals surface area (Å²) < 4.78 is 35.9. The molecule has 0 aliphatic carbocycles. The van der Waals surface area contributed by atoms with Gasteiger partial charge in [0.15, 0.2) is 16.6 Å². The number of hydrogen-bond donors (Lipinski definition) is 1. The molecule has 214 valence electrons. The first-order valence-electron chi connectivity index (χ1n) is 12.2. The number of carbonyl (C=O) groups is 3. The molecule has 4 rings (SSSR count). The third-order valence-corrected chi connectivity index (χ3v) is 7.54. The molecule has 1 atom stereocenters. The number of Topliss-reactive ketones (excluding diaryl/α,β-unsaturated/α-hetero) is 1. The predicted octanol–water partition coefficient (Wildman–Crippen LogP) is 4.89. The Hall–Kier alpha value is -4.71. The highest BCUT2D eigenvalue weighted by molar-refractivity contribution is 7.17. The van der Waals surface area contributed by atoms with Crippen molar-refractivity contribution in [3.8, 4) is 17.2 Å². The summed E-state index contributed by atoms with van der Waals surface area (Å²) >= 11 is 0.843. The number of aliphatic hydroxyl groups excluding tert-OH is 1. The number of halogens is 1. The van der Waals surface area contributed by atoms with Crippen LogP contribution in [0.25, 0.3) is 5.76 Å². The quantitative estimate of drug-likeness (QED) is 0.123. The van der Waals surface area contributed by atoms with Crippen molar-refractivity contribution in [1.29, 1.82) is 0 Å². The van der Waals surface area contributed by atoms with Gasteiger partial charge >= 0.3 is 11.9 Å². The maximum Gasteiger partial charge on any atom is 0.350 e. The fraction of sp³-hybridized carbons (Fsp3) is 0.241. The van der Waals surface area contributed by atoms with Crippen LogP contribution >= 0.6 is 11.3 Å². The third kappa shape index (κ3) is 5.25. The third-order valence-electron chi connectivity index (χ3n) is 6.40. The molecule has 1 amide bonds. The summed E-state index contributed by atoms with van der Waals surface area (Å²) in [5.74, 6) is -3.23. The SMILES string of the molecule is C=CCOC(=O)c1sc(N2C(=O)C(=O)C(=C(O)c3ccc(C)c(F)c3)[C@@H]2c2cc(OC)c(OC)c(OC)c2)nc1C. The van der Waals surface area contributed by atoms with Crippen LogP contribution in [0.2, 0.25) is 0 Å². The maximum atomic E-state index is 14.5. The highest BCUT2D eigenvalue weighted by Gasteiger charge is 2.49. The van der Waals surface area contributed by atoms with Gasteiger partial charge in [-0.15, -0.1) is 0 Å². The summed E-state index contributed by atoms with van der Waals surface area (Å²) in [4.78, 5) is 45.3. The largest absolute Gasteiger partial charge is 0.507 e. The number of aryl methyl sites for hydroxylation is 2. The average molecular weight is 583 g/mol. The molecule has 0 unspecified atom stereocenters. The van der Waals surface area contributed by atoms with E-state index in [1.54, 1.807) is 13.8 Å². The Labute approximate surface area is 239 Å². The van der Waals surface area contributed by atoms with Crippen LogP contribution in [-0.4, -0.2) is 55.7 Å². The zero-order valence-corrected chi connectivity index (χ0v) is 23.8. The van der Waals surface area contributed by atoms with Gasteiger partial charge in [0.25, 0.3) is 5.78 Å². The van der Waals surface area contributed by atoms with Gasteiger partial charge in [-0.05, 0) is 43.2 Å². The second-order valence-corrected chi connectivity index (χ2v) is 9.87. The van der Waals surface area contributed by atoms with Gasteiger partial charge in [0, 0.05) is 5.56 Å². The number of amides is 1. The van der Waals surface area contributed by atoms with E-state index < -0.39 is 35.3 Å². The first-order chi connectivity index (χ1) is 19.6. The molecule has 1 N–H and O–H groups in total. The van der Waals surface area contributed by atoms with Crippen molar-refractivity contribution in [2.75, 3.05) is 32.8 Å². The summed E-state index contributed by atoms with van der Waals surface area (Å²) in [5.41, 5.74) is 0.558. The van der Waals surface area contributed by atoms with Crippen molar-refractivity contribution in [3.05, 3.63) is 81.6 Å². The first-order valence-corrected chi connectivity index (χ1v) is 13.0. The van der Waals surface area contributed by atoms with Gasteiger partial charge in [-0.1, -0.05) is 36.1 Å². The van der Waals surface area contributed by atoms with Crippen LogP contribution in [-0.2, 0) is 14.3 Å². The number of nitrogens with zero attached hydrogens (tertiary/aromatic N) is 2. The molecule has 0 spiro atoms. The van der Waals surface area contributed by atoms with E-state index in [-0.39, 0.29) is 56.3 Å². The lowest BCUT2D eigenvalue weighted by atomic mass is 9.94. The predicted molar refractivity (Wildman–Crippen MR) is 149 cm³/mol. The van der Waals surface area contributed by atoms with E-state index in [0.717, 1.165) is 22.3 Å². The average Bonchev–Trinajstić information content (AvgIpc) is 3.47. The summed E-state index contributed by atoms with van der Waals surface area (Å²) in [6.07, 6.45) is 1.41. The lowest BCUT2D eigenvalue weighted by Crippen LogP contribution is -2.29. The molecule has 2 aromatic carbocycles. The second kappa shape index (κ2) is 11.8. The number of carbonyl (C=O) groups excluding carboxylic acids is 3. The number of ether oxygens (including phenoxy) is 4. The number of hydrogen-bond acceptors (Lipinski definition) is 10. The van der Waals surface area contributed by atoms with Crippen molar-refractivity contribution >= 4 is 39.9 Å². The van der Waals surface area contributed by atoms with E-state index in [2.05, 4.69) is 11.6 Å². The van der Waals surface area contributed by atoms with Crippen LogP contribution in [0.1, 0.15) is 38.1 Å². The zero-order chi connectivity index (χ0) is 30.0. The highest BCUT2D eigenvalue weighted by Crippen LogP contribution is 2.48. The minimum absolute atomic E-state index is 0.00282. The molecule has 0 bridgehead atoms. The number of methoxy groups -OCH3 is 3. The van der Waals surface area contributed by atoms with Crippen molar-refractivity contribution in [2.45, 2.75) is 19.9 Å². The Kier molecular flexibility index (Phi) is 8.43. The van der Waals surface area contributed by atoms with Gasteiger partial charge in [-0.3, -0.25) is 14.5 Å². The van der Waals surface area contributed by atoms with Crippen LogP contribution in [0.4, 0.5) is 9.52 Å². The molecule has 1 saturated heterocycles. The number of aliphatic hydroxyl groups is 1. The topological polar surface area (TPSA) is 124 Å². The monoisotopic (exact) mass is 582 g/mol. The number of rotatable bonds is 9. The molecular weight excluding hydrogens is 555 g/mol. The smallest absolute Gasteiger partial charge is 0.350 e. The lowest BCUT2D eigenvalue weighted by Gasteiger charge is -2.24. The summed E-state index contributed by atoms with van der Waals surface area (Å²) in [5, 5.41) is 11.3. The fourth-order valence-electron chi connectivity index (χ4n) is 4.37. The fourth-order valence-corrected chi connectivity index (χ4v) is 5.36. The van der Waals surface area contributed by atoms with Crippen molar-refractivity contribution in [2.24, 2.45) is 0 Å². The Morgan fingerprint density at radius 3 is 2.34 bits per heavy atom. The van der Waals surface area contributed by atoms with E-state index in [9.17, 15) is 23.9 Å². The Morgan fingerprint density at radius 2 is 1.78 bits per heavy atom. The number of anilines is 1. The number of thiazole rings is 1. The van der Waals surface area contributed by atoms with E-state index >= 15 is 0 Å². The first kappa shape index (κ1) is 29.3. The maximum absolute atomic E-state index is 14.5. The zero-order valence-electron chi connectivity index (χ0n) is 22.9. The Bertz CT molecular complexity index is 1570. The summed E-state index contributed by atoms with van der Waals surface area (Å²) in [7, 11) is 4.22. The van der Waals surface area contributed by atoms with Gasteiger partial charge in [0.1, 0.15) is 23.1 Å². The minimum Gasteiger partial charge on any atom is -0.507 e. The molecule has 12 heteroatoms. The second-order valence-electron chi connectivity index (χ2n) is 8.89. The van der Waals surface area contributed by atoms with E-state index in [4.69, 9.17) is 18.9 Å². The van der Waals surface area contributed by atoms with Gasteiger partial charge in [0.05, 0.1) is 38.6 Å². The molecule has 41 heavy (non-hydrogen) atoms. The van der Waals surface area contributed by atoms with Crippen molar-refractivity contribution in [1.82, 2.24) is 4.98 Å². The molecule has 10 nitrogen and oxygen atoms in total. The van der Waals surface area contributed by atoms with Gasteiger partial charge < -0.3 is 24.1 Å². The molecule has 1 aromatic heterocycles. The number of esters is 1. The van der Waals surface area contributed by atoms with Crippen molar-refractivity contribution in [3.63, 3.8) is 0 Å². The van der Waals surface area contributed by atoms with Crippen LogP contribution in [0.5, 0.6) is 17.2 Å². The molecule has 3 aromatic rings. The molecule has 2 heterocycles. The molecule has 0 radical (unpaired) electrons. The molecule has 1 fully saturated rings. The van der Waals surface area contributed by atoms with E-state index in [1.165, 1.54) is 51.7 Å². The number of benzene rings is 2. The van der Waals surface area contributed by atoms with Crippen LogP contribution in [0.3, 0.4) is 0 Å². The highest BCUT2D eigenvalue weighted by atomic mass is 32.1. The number of aromatic nitrogens is 1. The molecule has 0 saturated carbocycles. The Balaban J connectivity index is 1.99. The molecule has 1 aliphatic heterocycles. The van der Waals surface area contributed by atoms with Crippen LogP contribution in [0, 0.1) is 19.7 Å². The number of ketones is 1. The minimum atomic E-state index is -1.27. The molecular formula is C29H27FN2O8S. The van der Waals surface area contributed by atoms with E-state index in [1.807, 2.05) is 0 Å². The molecule has 1 aliphatic rings. The van der Waals surface area contributed by atoms with Gasteiger partial charge in [-0.25, -0.2) is 14.2 Å². The van der Waals surface area contributed by atoms with E-state index in [0.29, 0.717) is 5.56 Å². The van der Waals surface area contributed by atoms with Crippen LogP contribution < -0.4 is 19.1 Å². The van der Waals surface area contributed by atoms with Gasteiger partial charge in [-0.2, -0.15) is 0 Å². The summed E-state index contributed by atoms with van der Waals surface area (Å²) in [6, 6.07) is 5.73. The standard InChI is InChI=1S/C29H27FN2O8S/c1-7-10-40-28(36)26-15(3)31-29(41-26)32-22(17-12-19(37-4)25(39-6)20(13-17)38-5)21(24(34)27(32)35)23(33)16-9-8-14(2)18(30)11-16/h7-9,11-13,22,33H,1,10H2,2-6H3/t22-/m0/s1. The summed E-state index contributed by atoms with van der Waals surface area (Å²) in [6.45, 7) is 6.60. The Morgan fingerprint density at radius 1 is 1.12 bits per heavy atom. The van der Waals surface area contributed by atoms with Gasteiger partial charge in [0.2, 0.25) is 5.75 Å². The normalized spacial score (nSPS) is 16.0.